The Bertz CT molecular complexity index is 684. The number of aromatic nitrogens is 2. The van der Waals surface area contributed by atoms with Crippen LogP contribution in [0.3, 0.4) is 0 Å². The van der Waals surface area contributed by atoms with E-state index in [0.29, 0.717) is 6.42 Å². The van der Waals surface area contributed by atoms with Crippen LogP contribution in [0.2, 0.25) is 0 Å². The molecule has 19 heavy (non-hydrogen) atoms. The number of nitrogens with zero attached hydrogens (tertiary/aromatic N) is 1. The largest absolute Gasteiger partial charge is 0.387 e. The summed E-state index contributed by atoms with van der Waals surface area (Å²) in [6.07, 6.45) is 2.11. The number of hydrogen-bond acceptors (Lipinski definition) is 5. The number of rotatable bonds is 4. The number of aromatic amines is 2. The third-order valence-corrected chi connectivity index (χ3v) is 4.86. The van der Waals surface area contributed by atoms with E-state index < -0.39 is 31.8 Å². The van der Waals surface area contributed by atoms with Crippen LogP contribution in [0.25, 0.3) is 0 Å². The molecule has 1 aromatic rings. The Balaban J connectivity index is 2.26. The molecule has 1 saturated heterocycles. The van der Waals surface area contributed by atoms with Gasteiger partial charge in [-0.2, -0.15) is 4.31 Å². The molecule has 9 heteroatoms. The summed E-state index contributed by atoms with van der Waals surface area (Å²) in [4.78, 5) is 25.8. The highest BCUT2D eigenvalue weighted by Gasteiger charge is 2.47. The number of aliphatic hydroxyl groups is 1. The maximum Gasteiger partial charge on any atom is 0.325 e. The summed E-state index contributed by atoms with van der Waals surface area (Å²) in [6.45, 7) is 1.81. The summed E-state index contributed by atoms with van der Waals surface area (Å²) >= 11 is 0. The number of nitrogens with one attached hydrogen (secondary N) is 2. The molecular formula is C10H15N3O5S. The molecule has 0 bridgehead atoms. The molecule has 106 valence electrons. The standard InChI is InChI=1S/C10H15N3O5S/c1-2-3-10(16)5-13(6-10)19(17,18)7-4-11-9(15)12-8(7)14/h4,16H,2-3,5-6H2,1H3,(H2,11,12,14,15). The van der Waals surface area contributed by atoms with Crippen LogP contribution in [-0.4, -0.2) is 46.5 Å². The Morgan fingerprint density at radius 1 is 1.42 bits per heavy atom. The van der Waals surface area contributed by atoms with Gasteiger partial charge in [-0.15, -0.1) is 0 Å². The second kappa shape index (κ2) is 4.58. The van der Waals surface area contributed by atoms with Gasteiger partial charge < -0.3 is 10.1 Å². The van der Waals surface area contributed by atoms with E-state index in [1.54, 1.807) is 0 Å². The van der Waals surface area contributed by atoms with Crippen LogP contribution in [0.4, 0.5) is 0 Å². The summed E-state index contributed by atoms with van der Waals surface area (Å²) in [6, 6.07) is 0. The third kappa shape index (κ3) is 2.48. The Labute approximate surface area is 109 Å². The van der Waals surface area contributed by atoms with Crippen molar-refractivity contribution in [3.8, 4) is 0 Å². The maximum atomic E-state index is 12.1. The highest BCUT2D eigenvalue weighted by Crippen LogP contribution is 2.29. The average molecular weight is 289 g/mol. The fourth-order valence-electron chi connectivity index (χ4n) is 2.13. The smallest absolute Gasteiger partial charge is 0.325 e. The predicted octanol–water partition coefficient (Wildman–Crippen LogP) is -1.40. The number of H-pyrrole nitrogens is 2. The zero-order chi connectivity index (χ0) is 14.3. The van der Waals surface area contributed by atoms with E-state index in [-0.39, 0.29) is 13.1 Å². The van der Waals surface area contributed by atoms with Gasteiger partial charge in [0.1, 0.15) is 0 Å². The molecule has 2 rings (SSSR count). The molecule has 0 unspecified atom stereocenters. The van der Waals surface area contributed by atoms with Crippen LogP contribution in [-0.2, 0) is 10.0 Å². The van der Waals surface area contributed by atoms with Gasteiger partial charge in [0.05, 0.1) is 5.60 Å². The molecule has 0 radical (unpaired) electrons. The van der Waals surface area contributed by atoms with Crippen LogP contribution in [0.1, 0.15) is 19.8 Å². The van der Waals surface area contributed by atoms with E-state index in [9.17, 15) is 23.1 Å². The molecule has 0 aliphatic carbocycles. The lowest BCUT2D eigenvalue weighted by Crippen LogP contribution is -2.63. The molecule has 0 amide bonds. The summed E-state index contributed by atoms with van der Waals surface area (Å²) in [5.41, 5.74) is -2.75. The fraction of sp³-hybridized carbons (Fsp3) is 0.600. The van der Waals surface area contributed by atoms with E-state index in [2.05, 4.69) is 4.98 Å². The van der Waals surface area contributed by atoms with Gasteiger partial charge in [-0.1, -0.05) is 13.3 Å². The van der Waals surface area contributed by atoms with Gasteiger partial charge in [-0.25, -0.2) is 13.2 Å². The monoisotopic (exact) mass is 289 g/mol. The minimum absolute atomic E-state index is 0.0399. The van der Waals surface area contributed by atoms with Crippen LogP contribution in [0.5, 0.6) is 0 Å². The quantitative estimate of drug-likeness (QED) is 0.629. The molecule has 1 aliphatic heterocycles. The van der Waals surface area contributed by atoms with Crippen molar-refractivity contribution in [2.45, 2.75) is 30.3 Å². The van der Waals surface area contributed by atoms with Crippen molar-refractivity contribution in [2.75, 3.05) is 13.1 Å². The molecule has 1 aliphatic rings. The summed E-state index contributed by atoms with van der Waals surface area (Å²) in [5, 5.41) is 9.95. The SMILES string of the molecule is CCCC1(O)CN(S(=O)(=O)c2c[nH]c(=O)[nH]c2=O)C1. The second-order valence-electron chi connectivity index (χ2n) is 4.68. The van der Waals surface area contributed by atoms with Gasteiger partial charge in [-0.05, 0) is 6.42 Å². The summed E-state index contributed by atoms with van der Waals surface area (Å²) in [5.74, 6) is 0. The molecule has 0 atom stereocenters. The van der Waals surface area contributed by atoms with Crippen molar-refractivity contribution < 1.29 is 13.5 Å². The zero-order valence-electron chi connectivity index (χ0n) is 10.3. The zero-order valence-corrected chi connectivity index (χ0v) is 11.2. The van der Waals surface area contributed by atoms with E-state index in [1.807, 2.05) is 11.9 Å². The maximum absolute atomic E-state index is 12.1. The Morgan fingerprint density at radius 3 is 2.58 bits per heavy atom. The summed E-state index contributed by atoms with van der Waals surface area (Å²) < 4.78 is 25.2. The minimum atomic E-state index is -3.98. The Kier molecular flexibility index (Phi) is 3.37. The van der Waals surface area contributed by atoms with Gasteiger partial charge >= 0.3 is 5.69 Å². The van der Waals surface area contributed by atoms with E-state index in [0.717, 1.165) is 16.9 Å². The van der Waals surface area contributed by atoms with Crippen molar-refractivity contribution in [2.24, 2.45) is 0 Å². The molecule has 1 fully saturated rings. The van der Waals surface area contributed by atoms with Crippen molar-refractivity contribution >= 4 is 10.0 Å². The molecule has 2 heterocycles. The van der Waals surface area contributed by atoms with Crippen LogP contribution >= 0.6 is 0 Å². The van der Waals surface area contributed by atoms with Gasteiger partial charge in [0, 0.05) is 19.3 Å². The van der Waals surface area contributed by atoms with Gasteiger partial charge in [0.25, 0.3) is 5.56 Å². The van der Waals surface area contributed by atoms with E-state index in [4.69, 9.17) is 0 Å². The molecule has 1 aromatic heterocycles. The summed E-state index contributed by atoms with van der Waals surface area (Å²) in [7, 11) is -3.98. The van der Waals surface area contributed by atoms with Crippen LogP contribution < -0.4 is 11.2 Å². The molecule has 3 N–H and O–H groups in total. The first-order valence-electron chi connectivity index (χ1n) is 5.83. The highest BCUT2D eigenvalue weighted by molar-refractivity contribution is 7.89. The molecule has 8 nitrogen and oxygen atoms in total. The van der Waals surface area contributed by atoms with E-state index >= 15 is 0 Å². The Hall–Kier alpha value is -1.45. The first kappa shape index (κ1) is 14.0. The molecular weight excluding hydrogens is 274 g/mol. The Morgan fingerprint density at radius 2 is 2.05 bits per heavy atom. The lowest BCUT2D eigenvalue weighted by Gasteiger charge is -2.45. The second-order valence-corrected chi connectivity index (χ2v) is 6.59. The lowest BCUT2D eigenvalue weighted by molar-refractivity contribution is -0.0653. The first-order valence-corrected chi connectivity index (χ1v) is 7.27. The topological polar surface area (TPSA) is 123 Å². The third-order valence-electron chi connectivity index (χ3n) is 3.06. The van der Waals surface area contributed by atoms with Crippen LogP contribution in [0.15, 0.2) is 20.7 Å². The lowest BCUT2D eigenvalue weighted by atomic mass is 9.92. The first-order chi connectivity index (χ1) is 8.78. The van der Waals surface area contributed by atoms with Crippen molar-refractivity contribution in [1.82, 2.24) is 14.3 Å². The van der Waals surface area contributed by atoms with Crippen LogP contribution in [0, 0.1) is 0 Å². The molecule has 0 aromatic carbocycles. The number of sulfonamides is 1. The normalized spacial score (nSPS) is 19.1. The van der Waals surface area contributed by atoms with Crippen molar-refractivity contribution in [1.29, 1.82) is 0 Å². The average Bonchev–Trinajstić information content (AvgIpc) is 2.25. The van der Waals surface area contributed by atoms with Gasteiger partial charge in [0.2, 0.25) is 10.0 Å². The highest BCUT2D eigenvalue weighted by atomic mass is 32.2. The molecule has 0 saturated carbocycles. The number of hydrogen-bond donors (Lipinski definition) is 3. The predicted molar refractivity (Wildman–Crippen MR) is 66.3 cm³/mol. The number of β-amino-alcohol motifs (C(OH)–C–C–N with tert-alkyl or cyclic N) is 1. The van der Waals surface area contributed by atoms with Crippen molar-refractivity contribution in [3.63, 3.8) is 0 Å². The van der Waals surface area contributed by atoms with Crippen molar-refractivity contribution in [3.05, 3.63) is 27.0 Å². The fourth-order valence-corrected chi connectivity index (χ4v) is 3.72. The van der Waals surface area contributed by atoms with Gasteiger partial charge in [-0.3, -0.25) is 9.78 Å². The van der Waals surface area contributed by atoms with E-state index in [1.165, 1.54) is 0 Å². The minimum Gasteiger partial charge on any atom is -0.387 e. The molecule has 0 spiro atoms. The van der Waals surface area contributed by atoms with Gasteiger partial charge in [0.15, 0.2) is 4.90 Å².